The van der Waals surface area contributed by atoms with Crippen LogP contribution in [0.25, 0.3) is 11.3 Å². The molecule has 1 heterocycles. The molecule has 0 radical (unpaired) electrons. The molecule has 1 aliphatic rings. The first-order valence-electron chi connectivity index (χ1n) is 7.13. The fourth-order valence-electron chi connectivity index (χ4n) is 2.45. The number of nitrogens with one attached hydrogen (secondary N) is 2. The largest absolute Gasteiger partial charge is 0.310 e. The number of hydrogen-bond acceptors (Lipinski definition) is 2. The molecule has 0 amide bonds. The first-order chi connectivity index (χ1) is 9.31. The Morgan fingerprint density at radius 3 is 2.68 bits per heavy atom. The lowest BCUT2D eigenvalue weighted by Crippen LogP contribution is -2.25. The van der Waals surface area contributed by atoms with E-state index in [0.29, 0.717) is 6.04 Å². The third kappa shape index (κ3) is 3.44. The SMILES string of the molecule is CC(CC1CC1)NCc1ccc(-c2ccn[nH]2)cc1. The average Bonchev–Trinajstić information content (AvgIpc) is 3.07. The molecule has 2 aromatic rings. The number of rotatable bonds is 6. The number of aromatic amines is 1. The van der Waals surface area contributed by atoms with Crippen molar-refractivity contribution in [2.24, 2.45) is 5.92 Å². The van der Waals surface area contributed by atoms with Crippen LogP contribution in [0.3, 0.4) is 0 Å². The van der Waals surface area contributed by atoms with Gasteiger partial charge in [-0.1, -0.05) is 37.1 Å². The fraction of sp³-hybridized carbons (Fsp3) is 0.438. The normalized spacial score (nSPS) is 16.5. The molecule has 1 aliphatic carbocycles. The van der Waals surface area contributed by atoms with Gasteiger partial charge in [-0.15, -0.1) is 0 Å². The zero-order valence-electron chi connectivity index (χ0n) is 11.4. The fourth-order valence-corrected chi connectivity index (χ4v) is 2.45. The molecular weight excluding hydrogens is 234 g/mol. The van der Waals surface area contributed by atoms with Crippen LogP contribution in [-0.2, 0) is 6.54 Å². The van der Waals surface area contributed by atoms with Crippen molar-refractivity contribution in [3.8, 4) is 11.3 Å². The van der Waals surface area contributed by atoms with Crippen molar-refractivity contribution < 1.29 is 0 Å². The van der Waals surface area contributed by atoms with E-state index in [-0.39, 0.29) is 0 Å². The molecule has 100 valence electrons. The molecule has 2 N–H and O–H groups in total. The average molecular weight is 255 g/mol. The molecular formula is C16H21N3. The lowest BCUT2D eigenvalue weighted by molar-refractivity contribution is 0.487. The number of nitrogens with zero attached hydrogens (tertiary/aromatic N) is 1. The van der Waals surface area contributed by atoms with E-state index in [9.17, 15) is 0 Å². The van der Waals surface area contributed by atoms with Crippen LogP contribution < -0.4 is 5.32 Å². The van der Waals surface area contributed by atoms with Crippen LogP contribution in [0, 0.1) is 5.92 Å². The van der Waals surface area contributed by atoms with Crippen LogP contribution in [0.5, 0.6) is 0 Å². The minimum atomic E-state index is 0.625. The maximum absolute atomic E-state index is 3.98. The minimum absolute atomic E-state index is 0.625. The van der Waals surface area contributed by atoms with Crippen molar-refractivity contribution in [3.63, 3.8) is 0 Å². The number of hydrogen-bond donors (Lipinski definition) is 2. The second kappa shape index (κ2) is 5.57. The highest BCUT2D eigenvalue weighted by Crippen LogP contribution is 2.33. The van der Waals surface area contributed by atoms with E-state index in [0.717, 1.165) is 18.2 Å². The third-order valence-electron chi connectivity index (χ3n) is 3.80. The standard InChI is InChI=1S/C16H21N3/c1-12(10-13-2-3-13)17-11-14-4-6-15(7-5-14)16-8-9-18-19-16/h4-9,12-13,17H,2-3,10-11H2,1H3,(H,18,19). The van der Waals surface area contributed by atoms with Crippen molar-refractivity contribution in [1.82, 2.24) is 15.5 Å². The van der Waals surface area contributed by atoms with E-state index in [4.69, 9.17) is 0 Å². The highest BCUT2D eigenvalue weighted by Gasteiger charge is 2.23. The zero-order valence-corrected chi connectivity index (χ0v) is 11.4. The number of aromatic nitrogens is 2. The maximum atomic E-state index is 3.98. The third-order valence-corrected chi connectivity index (χ3v) is 3.80. The van der Waals surface area contributed by atoms with Crippen molar-refractivity contribution >= 4 is 0 Å². The predicted molar refractivity (Wildman–Crippen MR) is 77.7 cm³/mol. The van der Waals surface area contributed by atoms with Gasteiger partial charge in [0.2, 0.25) is 0 Å². The Balaban J connectivity index is 1.53. The molecule has 1 aromatic carbocycles. The molecule has 1 saturated carbocycles. The molecule has 0 saturated heterocycles. The first kappa shape index (κ1) is 12.4. The van der Waals surface area contributed by atoms with Gasteiger partial charge in [-0.2, -0.15) is 5.10 Å². The number of H-pyrrole nitrogens is 1. The Morgan fingerprint density at radius 1 is 1.26 bits per heavy atom. The summed E-state index contributed by atoms with van der Waals surface area (Å²) >= 11 is 0. The Morgan fingerprint density at radius 2 is 2.05 bits per heavy atom. The van der Waals surface area contributed by atoms with E-state index in [1.807, 2.05) is 6.07 Å². The van der Waals surface area contributed by atoms with E-state index in [1.165, 1.54) is 30.4 Å². The molecule has 0 bridgehead atoms. The summed E-state index contributed by atoms with van der Waals surface area (Å²) < 4.78 is 0. The summed E-state index contributed by atoms with van der Waals surface area (Å²) in [5, 5.41) is 10.6. The quantitative estimate of drug-likeness (QED) is 0.831. The van der Waals surface area contributed by atoms with Crippen molar-refractivity contribution in [2.75, 3.05) is 0 Å². The van der Waals surface area contributed by atoms with E-state index >= 15 is 0 Å². The summed E-state index contributed by atoms with van der Waals surface area (Å²) in [7, 11) is 0. The lowest BCUT2D eigenvalue weighted by Gasteiger charge is -2.13. The van der Waals surface area contributed by atoms with Gasteiger partial charge >= 0.3 is 0 Å². The van der Waals surface area contributed by atoms with Crippen LogP contribution >= 0.6 is 0 Å². The summed E-state index contributed by atoms with van der Waals surface area (Å²) in [6, 6.07) is 11.3. The van der Waals surface area contributed by atoms with Crippen LogP contribution in [0.2, 0.25) is 0 Å². The van der Waals surface area contributed by atoms with Gasteiger partial charge in [-0.3, -0.25) is 5.10 Å². The monoisotopic (exact) mass is 255 g/mol. The summed E-state index contributed by atoms with van der Waals surface area (Å²) in [6.45, 7) is 3.24. The molecule has 1 atom stereocenters. The second-order valence-corrected chi connectivity index (χ2v) is 5.63. The Kier molecular flexibility index (Phi) is 3.65. The Bertz CT molecular complexity index is 497. The summed E-state index contributed by atoms with van der Waals surface area (Å²) in [4.78, 5) is 0. The van der Waals surface area contributed by atoms with Gasteiger partial charge in [-0.25, -0.2) is 0 Å². The van der Waals surface area contributed by atoms with Gasteiger partial charge in [0.25, 0.3) is 0 Å². The molecule has 1 aromatic heterocycles. The summed E-state index contributed by atoms with van der Waals surface area (Å²) in [5.41, 5.74) is 3.60. The Labute approximate surface area is 114 Å². The first-order valence-corrected chi connectivity index (χ1v) is 7.13. The molecule has 1 fully saturated rings. The molecule has 3 heteroatoms. The maximum Gasteiger partial charge on any atom is 0.0650 e. The molecule has 1 unspecified atom stereocenters. The smallest absolute Gasteiger partial charge is 0.0650 e. The van der Waals surface area contributed by atoms with Crippen molar-refractivity contribution in [1.29, 1.82) is 0 Å². The molecule has 0 aliphatic heterocycles. The molecule has 19 heavy (non-hydrogen) atoms. The van der Waals surface area contributed by atoms with Gasteiger partial charge in [0, 0.05) is 18.8 Å². The second-order valence-electron chi connectivity index (χ2n) is 5.63. The van der Waals surface area contributed by atoms with Crippen LogP contribution in [0.4, 0.5) is 0 Å². The highest BCUT2D eigenvalue weighted by atomic mass is 15.1. The minimum Gasteiger partial charge on any atom is -0.310 e. The van der Waals surface area contributed by atoms with E-state index < -0.39 is 0 Å². The topological polar surface area (TPSA) is 40.7 Å². The summed E-state index contributed by atoms with van der Waals surface area (Å²) in [5.74, 6) is 0.991. The molecule has 0 spiro atoms. The zero-order chi connectivity index (χ0) is 13.1. The van der Waals surface area contributed by atoms with Gasteiger partial charge in [0.15, 0.2) is 0 Å². The van der Waals surface area contributed by atoms with Crippen molar-refractivity contribution in [2.45, 2.75) is 38.8 Å². The number of benzene rings is 1. The molecule has 3 nitrogen and oxygen atoms in total. The predicted octanol–water partition coefficient (Wildman–Crippen LogP) is 3.35. The Hall–Kier alpha value is -1.61. The van der Waals surface area contributed by atoms with Gasteiger partial charge < -0.3 is 5.32 Å². The summed E-state index contributed by atoms with van der Waals surface area (Å²) in [6.07, 6.45) is 5.98. The van der Waals surface area contributed by atoms with Crippen LogP contribution in [-0.4, -0.2) is 16.2 Å². The van der Waals surface area contributed by atoms with Crippen molar-refractivity contribution in [3.05, 3.63) is 42.1 Å². The highest BCUT2D eigenvalue weighted by molar-refractivity contribution is 5.58. The van der Waals surface area contributed by atoms with Crippen LogP contribution in [0.15, 0.2) is 36.5 Å². The van der Waals surface area contributed by atoms with Gasteiger partial charge in [0.05, 0.1) is 5.69 Å². The van der Waals surface area contributed by atoms with E-state index in [2.05, 4.69) is 46.7 Å². The van der Waals surface area contributed by atoms with Gasteiger partial charge in [0.1, 0.15) is 0 Å². The molecule has 3 rings (SSSR count). The van der Waals surface area contributed by atoms with Gasteiger partial charge in [-0.05, 0) is 36.5 Å². The van der Waals surface area contributed by atoms with Crippen LogP contribution in [0.1, 0.15) is 31.7 Å². The lowest BCUT2D eigenvalue weighted by atomic mass is 10.1. The van der Waals surface area contributed by atoms with E-state index in [1.54, 1.807) is 6.20 Å².